The standard InChI is InChI=1S/C13H18N4O2S/c1-9-8-15(2)4-3-5-16(9)11-10(12(18)19)17-6-7-20-13(17)14-11/h6-7,9H,3-5,8H2,1-2H3,(H,18,19). The van der Waals surface area contributed by atoms with E-state index in [-0.39, 0.29) is 11.7 Å². The fourth-order valence-corrected chi connectivity index (χ4v) is 3.57. The van der Waals surface area contributed by atoms with E-state index in [4.69, 9.17) is 0 Å². The molecule has 2 aromatic heterocycles. The second-order valence-corrected chi connectivity index (χ2v) is 6.18. The summed E-state index contributed by atoms with van der Waals surface area (Å²) >= 11 is 1.46. The van der Waals surface area contributed by atoms with Crippen molar-refractivity contribution < 1.29 is 9.90 Å². The van der Waals surface area contributed by atoms with Crippen LogP contribution in [0, 0.1) is 0 Å². The number of aromatic nitrogens is 2. The first-order chi connectivity index (χ1) is 9.58. The Kier molecular flexibility index (Phi) is 3.39. The molecule has 0 amide bonds. The van der Waals surface area contributed by atoms with Crippen molar-refractivity contribution in [3.05, 3.63) is 17.3 Å². The van der Waals surface area contributed by atoms with Gasteiger partial charge in [0.25, 0.3) is 0 Å². The minimum absolute atomic E-state index is 0.255. The molecule has 2 aromatic rings. The molecule has 1 fully saturated rings. The van der Waals surface area contributed by atoms with Gasteiger partial charge in [-0.25, -0.2) is 9.78 Å². The van der Waals surface area contributed by atoms with Crippen LogP contribution in [0.25, 0.3) is 4.96 Å². The van der Waals surface area contributed by atoms with Gasteiger partial charge in [-0.3, -0.25) is 4.40 Å². The Balaban J connectivity index is 2.06. The lowest BCUT2D eigenvalue weighted by Crippen LogP contribution is -2.39. The van der Waals surface area contributed by atoms with Crippen molar-refractivity contribution >= 4 is 28.1 Å². The molecule has 6 nitrogen and oxygen atoms in total. The molecule has 0 bridgehead atoms. The number of carboxylic acids is 1. The third kappa shape index (κ3) is 2.16. The Hall–Kier alpha value is -1.60. The topological polar surface area (TPSA) is 61.1 Å². The number of thiazole rings is 1. The molecule has 1 unspecified atom stereocenters. The van der Waals surface area contributed by atoms with Crippen LogP contribution in [0.15, 0.2) is 11.6 Å². The van der Waals surface area contributed by atoms with Gasteiger partial charge in [0, 0.05) is 30.7 Å². The highest BCUT2D eigenvalue weighted by Crippen LogP contribution is 2.27. The van der Waals surface area contributed by atoms with Crippen LogP contribution in [0.1, 0.15) is 23.8 Å². The molecule has 1 aliphatic rings. The van der Waals surface area contributed by atoms with E-state index in [0.717, 1.165) is 31.0 Å². The maximum atomic E-state index is 11.6. The summed E-state index contributed by atoms with van der Waals surface area (Å²) in [7, 11) is 2.10. The van der Waals surface area contributed by atoms with Crippen LogP contribution in [-0.4, -0.2) is 58.1 Å². The number of fused-ring (bicyclic) bond motifs is 1. The van der Waals surface area contributed by atoms with Gasteiger partial charge >= 0.3 is 5.97 Å². The van der Waals surface area contributed by atoms with Gasteiger partial charge in [0.2, 0.25) is 0 Å². The van der Waals surface area contributed by atoms with Crippen LogP contribution in [0.2, 0.25) is 0 Å². The molecule has 3 rings (SSSR count). The molecule has 1 N–H and O–H groups in total. The highest BCUT2D eigenvalue weighted by Gasteiger charge is 2.28. The molecule has 1 atom stereocenters. The third-order valence-corrected chi connectivity index (χ3v) is 4.52. The summed E-state index contributed by atoms with van der Waals surface area (Å²) in [6, 6.07) is 0.255. The van der Waals surface area contributed by atoms with E-state index in [2.05, 4.69) is 28.8 Å². The quantitative estimate of drug-likeness (QED) is 0.912. The summed E-state index contributed by atoms with van der Waals surface area (Å²) in [6.07, 6.45) is 2.79. The van der Waals surface area contributed by atoms with E-state index >= 15 is 0 Å². The summed E-state index contributed by atoms with van der Waals surface area (Å²) < 4.78 is 1.67. The van der Waals surface area contributed by atoms with Crippen LogP contribution >= 0.6 is 11.3 Å². The maximum absolute atomic E-state index is 11.6. The van der Waals surface area contributed by atoms with Gasteiger partial charge in [0.15, 0.2) is 16.5 Å². The number of carbonyl (C=O) groups is 1. The van der Waals surface area contributed by atoms with E-state index in [0.29, 0.717) is 5.82 Å². The Morgan fingerprint density at radius 3 is 3.05 bits per heavy atom. The van der Waals surface area contributed by atoms with E-state index in [1.165, 1.54) is 11.3 Å². The average molecular weight is 294 g/mol. The zero-order valence-electron chi connectivity index (χ0n) is 11.6. The minimum atomic E-state index is -0.921. The van der Waals surface area contributed by atoms with Gasteiger partial charge in [-0.2, -0.15) is 0 Å². The fraction of sp³-hybridized carbons (Fsp3) is 0.538. The number of hydrogen-bond acceptors (Lipinski definition) is 5. The SMILES string of the molecule is CC1CN(C)CCCN1c1nc2sccn2c1C(=O)O. The summed E-state index contributed by atoms with van der Waals surface area (Å²) in [5, 5.41) is 11.4. The molecule has 0 saturated carbocycles. The Morgan fingerprint density at radius 1 is 1.50 bits per heavy atom. The van der Waals surface area contributed by atoms with Gasteiger partial charge in [-0.05, 0) is 26.9 Å². The minimum Gasteiger partial charge on any atom is -0.476 e. The normalized spacial score (nSPS) is 21.3. The lowest BCUT2D eigenvalue weighted by molar-refractivity contribution is 0.0690. The number of aromatic carboxylic acids is 1. The van der Waals surface area contributed by atoms with Crippen LogP contribution in [0.4, 0.5) is 5.82 Å². The second kappa shape index (κ2) is 5.06. The van der Waals surface area contributed by atoms with Crippen molar-refractivity contribution in [1.29, 1.82) is 0 Å². The van der Waals surface area contributed by atoms with Crippen molar-refractivity contribution in [3.8, 4) is 0 Å². The van der Waals surface area contributed by atoms with E-state index in [1.807, 2.05) is 5.38 Å². The van der Waals surface area contributed by atoms with Gasteiger partial charge in [0.05, 0.1) is 0 Å². The molecule has 0 spiro atoms. The van der Waals surface area contributed by atoms with Crippen molar-refractivity contribution in [2.45, 2.75) is 19.4 Å². The zero-order chi connectivity index (χ0) is 14.3. The highest BCUT2D eigenvalue weighted by atomic mass is 32.1. The van der Waals surface area contributed by atoms with E-state index in [9.17, 15) is 9.90 Å². The van der Waals surface area contributed by atoms with Gasteiger partial charge < -0.3 is 14.9 Å². The molecule has 0 aliphatic carbocycles. The van der Waals surface area contributed by atoms with E-state index < -0.39 is 5.97 Å². The first kappa shape index (κ1) is 13.4. The monoisotopic (exact) mass is 294 g/mol. The lowest BCUT2D eigenvalue weighted by atomic mass is 10.2. The number of anilines is 1. The number of hydrogen-bond donors (Lipinski definition) is 1. The predicted molar refractivity (Wildman–Crippen MR) is 79.0 cm³/mol. The van der Waals surface area contributed by atoms with Gasteiger partial charge in [-0.15, -0.1) is 11.3 Å². The Bertz CT molecular complexity index is 635. The van der Waals surface area contributed by atoms with Crippen LogP contribution in [0.5, 0.6) is 0 Å². The molecule has 0 aromatic carbocycles. The fourth-order valence-electron chi connectivity index (χ4n) is 2.86. The predicted octanol–water partition coefficient (Wildman–Crippen LogP) is 1.62. The average Bonchev–Trinajstić information content (AvgIpc) is 2.88. The van der Waals surface area contributed by atoms with Gasteiger partial charge in [-0.1, -0.05) is 0 Å². The Labute approximate surface area is 121 Å². The molecular formula is C13H18N4O2S. The molecule has 0 radical (unpaired) electrons. The maximum Gasteiger partial charge on any atom is 0.356 e. The largest absolute Gasteiger partial charge is 0.476 e. The molecule has 7 heteroatoms. The second-order valence-electron chi connectivity index (χ2n) is 5.30. The van der Waals surface area contributed by atoms with Crippen molar-refractivity contribution in [3.63, 3.8) is 0 Å². The number of nitrogens with zero attached hydrogens (tertiary/aromatic N) is 4. The molecule has 1 aliphatic heterocycles. The first-order valence-corrected chi connectivity index (χ1v) is 7.60. The number of rotatable bonds is 2. The number of likely N-dealkylation sites (N-methyl/N-ethyl adjacent to an activating group) is 1. The third-order valence-electron chi connectivity index (χ3n) is 3.77. The number of imidazole rings is 1. The first-order valence-electron chi connectivity index (χ1n) is 6.72. The lowest BCUT2D eigenvalue weighted by Gasteiger charge is -2.28. The van der Waals surface area contributed by atoms with Crippen molar-refractivity contribution in [2.75, 3.05) is 31.6 Å². The Morgan fingerprint density at radius 2 is 2.30 bits per heavy atom. The number of carboxylic acid groups (broad SMARTS) is 1. The molecule has 108 valence electrons. The van der Waals surface area contributed by atoms with Crippen LogP contribution in [0.3, 0.4) is 0 Å². The molecule has 3 heterocycles. The molecular weight excluding hydrogens is 276 g/mol. The summed E-state index contributed by atoms with van der Waals surface area (Å²) in [4.78, 5) is 21.3. The summed E-state index contributed by atoms with van der Waals surface area (Å²) in [5.41, 5.74) is 0.276. The van der Waals surface area contributed by atoms with Gasteiger partial charge in [0.1, 0.15) is 0 Å². The highest BCUT2D eigenvalue weighted by molar-refractivity contribution is 7.15. The van der Waals surface area contributed by atoms with E-state index in [1.54, 1.807) is 10.6 Å². The zero-order valence-corrected chi connectivity index (χ0v) is 12.4. The smallest absolute Gasteiger partial charge is 0.356 e. The van der Waals surface area contributed by atoms with Crippen LogP contribution in [-0.2, 0) is 0 Å². The molecule has 1 saturated heterocycles. The summed E-state index contributed by atoms with van der Waals surface area (Å²) in [5.74, 6) is -0.317. The van der Waals surface area contributed by atoms with Crippen molar-refractivity contribution in [2.24, 2.45) is 0 Å². The van der Waals surface area contributed by atoms with Crippen molar-refractivity contribution in [1.82, 2.24) is 14.3 Å². The van der Waals surface area contributed by atoms with Crippen LogP contribution < -0.4 is 4.90 Å². The molecule has 20 heavy (non-hydrogen) atoms. The summed E-state index contributed by atoms with van der Waals surface area (Å²) in [6.45, 7) is 4.92.